The van der Waals surface area contributed by atoms with E-state index in [0.29, 0.717) is 6.04 Å². The number of hydrogen-bond acceptors (Lipinski definition) is 4. The quantitative estimate of drug-likeness (QED) is 0.862. The molecule has 1 atom stereocenters. The van der Waals surface area contributed by atoms with Crippen LogP contribution in [0.4, 0.5) is 0 Å². The van der Waals surface area contributed by atoms with Gasteiger partial charge in [0.15, 0.2) is 0 Å². The minimum atomic E-state index is 0.509. The van der Waals surface area contributed by atoms with Crippen molar-refractivity contribution >= 4 is 11.3 Å². The summed E-state index contributed by atoms with van der Waals surface area (Å²) in [4.78, 5) is 6.73. The second kappa shape index (κ2) is 7.22. The van der Waals surface area contributed by atoms with Gasteiger partial charge in [0.2, 0.25) is 0 Å². The molecule has 0 spiro atoms. The maximum atomic E-state index is 5.96. The second-order valence-electron chi connectivity index (χ2n) is 5.52. The van der Waals surface area contributed by atoms with Crippen LogP contribution in [-0.2, 0) is 6.54 Å². The van der Waals surface area contributed by atoms with E-state index in [9.17, 15) is 0 Å². The molecule has 3 nitrogen and oxygen atoms in total. The largest absolute Gasteiger partial charge is 0.329 e. The molecule has 1 unspecified atom stereocenters. The molecule has 1 aromatic heterocycles. The third kappa shape index (κ3) is 4.04. The first-order valence-electron chi connectivity index (χ1n) is 7.07. The topological polar surface area (TPSA) is 42.2 Å². The Balaban J connectivity index is 1.82. The van der Waals surface area contributed by atoms with Crippen molar-refractivity contribution in [3.05, 3.63) is 16.6 Å². The van der Waals surface area contributed by atoms with E-state index in [1.807, 2.05) is 5.51 Å². The molecular formula is C14H25N3S. The van der Waals surface area contributed by atoms with Crippen LogP contribution in [0.1, 0.15) is 44.2 Å². The molecular weight excluding hydrogens is 242 g/mol. The van der Waals surface area contributed by atoms with Crippen molar-refractivity contribution in [1.82, 2.24) is 9.88 Å². The Morgan fingerprint density at radius 1 is 1.44 bits per heavy atom. The minimum absolute atomic E-state index is 0.509. The Hall–Kier alpha value is -0.450. The van der Waals surface area contributed by atoms with Gasteiger partial charge in [-0.25, -0.2) is 4.98 Å². The van der Waals surface area contributed by atoms with Crippen LogP contribution < -0.4 is 5.73 Å². The molecule has 18 heavy (non-hydrogen) atoms. The predicted octanol–water partition coefficient (Wildman–Crippen LogP) is 2.87. The summed E-state index contributed by atoms with van der Waals surface area (Å²) in [5.41, 5.74) is 9.04. The number of nitrogens with zero attached hydrogens (tertiary/aromatic N) is 2. The molecule has 0 saturated heterocycles. The van der Waals surface area contributed by atoms with E-state index in [-0.39, 0.29) is 0 Å². The lowest BCUT2D eigenvalue weighted by Gasteiger charge is -2.31. The van der Waals surface area contributed by atoms with Gasteiger partial charge in [-0.3, -0.25) is 4.90 Å². The lowest BCUT2D eigenvalue weighted by atomic mass is 9.84. The Labute approximate surface area is 114 Å². The van der Waals surface area contributed by atoms with E-state index in [1.54, 1.807) is 11.3 Å². The number of thiazole rings is 1. The molecule has 1 saturated carbocycles. The fourth-order valence-electron chi connectivity index (χ4n) is 2.96. The van der Waals surface area contributed by atoms with Crippen LogP contribution in [0.2, 0.25) is 0 Å². The lowest BCUT2D eigenvalue weighted by Crippen LogP contribution is -2.39. The molecule has 1 aromatic rings. The summed E-state index contributed by atoms with van der Waals surface area (Å²) in [7, 11) is 2.18. The highest BCUT2D eigenvalue weighted by atomic mass is 32.1. The highest BCUT2D eigenvalue weighted by molar-refractivity contribution is 7.07. The SMILES string of the molecule is CN(Cc1cscn1)C(CN)CC1CCCCC1. The van der Waals surface area contributed by atoms with Gasteiger partial charge in [0.05, 0.1) is 11.2 Å². The Kier molecular flexibility index (Phi) is 5.60. The first-order chi connectivity index (χ1) is 8.79. The smallest absolute Gasteiger partial charge is 0.0795 e. The summed E-state index contributed by atoms with van der Waals surface area (Å²) >= 11 is 1.67. The monoisotopic (exact) mass is 267 g/mol. The molecule has 1 fully saturated rings. The normalized spacial score (nSPS) is 19.3. The average Bonchev–Trinajstić information content (AvgIpc) is 2.90. The van der Waals surface area contributed by atoms with Crippen LogP contribution in [0.3, 0.4) is 0 Å². The minimum Gasteiger partial charge on any atom is -0.329 e. The van der Waals surface area contributed by atoms with E-state index in [4.69, 9.17) is 5.73 Å². The van der Waals surface area contributed by atoms with E-state index < -0.39 is 0 Å². The third-order valence-electron chi connectivity index (χ3n) is 4.12. The summed E-state index contributed by atoms with van der Waals surface area (Å²) in [5.74, 6) is 0.894. The van der Waals surface area contributed by atoms with Crippen molar-refractivity contribution in [1.29, 1.82) is 0 Å². The van der Waals surface area contributed by atoms with Gasteiger partial charge in [0.1, 0.15) is 0 Å². The molecule has 102 valence electrons. The number of rotatable bonds is 6. The fraction of sp³-hybridized carbons (Fsp3) is 0.786. The van der Waals surface area contributed by atoms with Crippen LogP contribution in [0.5, 0.6) is 0 Å². The predicted molar refractivity (Wildman–Crippen MR) is 77.6 cm³/mol. The number of nitrogens with two attached hydrogens (primary N) is 1. The molecule has 0 aromatic carbocycles. The molecule has 2 N–H and O–H groups in total. The van der Waals surface area contributed by atoms with Crippen LogP contribution in [0, 0.1) is 5.92 Å². The molecule has 1 heterocycles. The number of hydrogen-bond donors (Lipinski definition) is 1. The van der Waals surface area contributed by atoms with Crippen LogP contribution in [0.15, 0.2) is 10.9 Å². The average molecular weight is 267 g/mol. The Bertz CT molecular complexity index is 320. The van der Waals surface area contributed by atoms with E-state index in [0.717, 1.165) is 19.0 Å². The van der Waals surface area contributed by atoms with E-state index in [1.165, 1.54) is 44.2 Å². The zero-order valence-corrected chi connectivity index (χ0v) is 12.2. The van der Waals surface area contributed by atoms with Gasteiger partial charge in [-0.05, 0) is 19.4 Å². The Morgan fingerprint density at radius 3 is 2.83 bits per heavy atom. The number of aromatic nitrogens is 1. The van der Waals surface area contributed by atoms with E-state index >= 15 is 0 Å². The summed E-state index contributed by atoms with van der Waals surface area (Å²) < 4.78 is 0. The third-order valence-corrected chi connectivity index (χ3v) is 4.76. The molecule has 0 amide bonds. The van der Waals surface area contributed by atoms with Crippen molar-refractivity contribution in [3.63, 3.8) is 0 Å². The van der Waals surface area contributed by atoms with Gasteiger partial charge in [-0.2, -0.15) is 0 Å². The van der Waals surface area contributed by atoms with Gasteiger partial charge in [0, 0.05) is 24.5 Å². The standard InChI is InChI=1S/C14H25N3S/c1-17(9-13-10-18-11-16-13)14(8-15)7-12-5-3-2-4-6-12/h10-12,14H,2-9,15H2,1H3. The molecule has 0 aliphatic heterocycles. The Morgan fingerprint density at radius 2 is 2.22 bits per heavy atom. The molecule has 0 radical (unpaired) electrons. The summed E-state index contributed by atoms with van der Waals surface area (Å²) in [6.45, 7) is 1.69. The van der Waals surface area contributed by atoms with Crippen molar-refractivity contribution < 1.29 is 0 Å². The molecule has 0 bridgehead atoms. The highest BCUT2D eigenvalue weighted by Gasteiger charge is 2.21. The molecule has 1 aliphatic carbocycles. The summed E-state index contributed by atoms with van der Waals surface area (Å²) in [6.07, 6.45) is 8.33. The summed E-state index contributed by atoms with van der Waals surface area (Å²) in [6, 6.07) is 0.509. The van der Waals surface area contributed by atoms with Crippen molar-refractivity contribution in [2.24, 2.45) is 11.7 Å². The van der Waals surface area contributed by atoms with Crippen LogP contribution in [-0.4, -0.2) is 29.5 Å². The first kappa shape index (κ1) is 14.0. The van der Waals surface area contributed by atoms with Crippen molar-refractivity contribution in [2.75, 3.05) is 13.6 Å². The van der Waals surface area contributed by atoms with Gasteiger partial charge >= 0.3 is 0 Å². The molecule has 2 rings (SSSR count). The number of likely N-dealkylation sites (N-methyl/N-ethyl adjacent to an activating group) is 1. The van der Waals surface area contributed by atoms with Gasteiger partial charge < -0.3 is 5.73 Å². The van der Waals surface area contributed by atoms with Gasteiger partial charge in [-0.15, -0.1) is 11.3 Å². The maximum absolute atomic E-state index is 5.96. The zero-order chi connectivity index (χ0) is 12.8. The van der Waals surface area contributed by atoms with Gasteiger partial charge in [0.25, 0.3) is 0 Å². The summed E-state index contributed by atoms with van der Waals surface area (Å²) in [5, 5.41) is 2.13. The zero-order valence-electron chi connectivity index (χ0n) is 11.3. The maximum Gasteiger partial charge on any atom is 0.0795 e. The first-order valence-corrected chi connectivity index (χ1v) is 8.01. The van der Waals surface area contributed by atoms with Crippen LogP contribution in [0.25, 0.3) is 0 Å². The van der Waals surface area contributed by atoms with E-state index in [2.05, 4.69) is 22.3 Å². The lowest BCUT2D eigenvalue weighted by molar-refractivity contribution is 0.183. The molecule has 4 heteroatoms. The van der Waals surface area contributed by atoms with Gasteiger partial charge in [-0.1, -0.05) is 32.1 Å². The van der Waals surface area contributed by atoms with Crippen LogP contribution >= 0.6 is 11.3 Å². The fourth-order valence-corrected chi connectivity index (χ4v) is 3.51. The van der Waals surface area contributed by atoms with Crippen molar-refractivity contribution in [3.8, 4) is 0 Å². The highest BCUT2D eigenvalue weighted by Crippen LogP contribution is 2.28. The molecule has 1 aliphatic rings. The second-order valence-corrected chi connectivity index (χ2v) is 6.24. The van der Waals surface area contributed by atoms with Crippen molar-refractivity contribution in [2.45, 2.75) is 51.1 Å².